The molecule has 0 saturated heterocycles. The Balaban J connectivity index is 2.35. The predicted octanol–water partition coefficient (Wildman–Crippen LogP) is 2.29. The normalized spacial score (nSPS) is 10.9. The lowest BCUT2D eigenvalue weighted by Gasteiger charge is -2.19. The van der Waals surface area contributed by atoms with E-state index in [1.807, 2.05) is 0 Å². The average Bonchev–Trinajstić information content (AvgIpc) is 2.37. The number of alkyl carbamates (subject to hydrolysis) is 1. The van der Waals surface area contributed by atoms with Gasteiger partial charge in [-0.3, -0.25) is 0 Å². The second-order valence-electron chi connectivity index (χ2n) is 5.82. The molecular weight excluding hydrogens is 286 g/mol. The highest BCUT2D eigenvalue weighted by Crippen LogP contribution is 2.19. The van der Waals surface area contributed by atoms with Gasteiger partial charge in [0.1, 0.15) is 5.60 Å². The Kier molecular flexibility index (Phi) is 6.03. The molecule has 0 saturated carbocycles. The highest BCUT2D eigenvalue weighted by atomic mass is 16.6. The number of hydrogen-bond donors (Lipinski definition) is 4. The SMILES string of the molecule is CC(C)(C)OC(=O)NCCCNc1cc(C(=O)O)ccc1N. The van der Waals surface area contributed by atoms with Crippen molar-refractivity contribution in [2.75, 3.05) is 24.1 Å². The summed E-state index contributed by atoms with van der Waals surface area (Å²) in [5, 5.41) is 14.6. The van der Waals surface area contributed by atoms with Gasteiger partial charge in [0.25, 0.3) is 0 Å². The van der Waals surface area contributed by atoms with E-state index in [0.717, 1.165) is 0 Å². The lowest BCUT2D eigenvalue weighted by Crippen LogP contribution is -2.33. The molecule has 0 fully saturated rings. The van der Waals surface area contributed by atoms with Crippen LogP contribution in [0.5, 0.6) is 0 Å². The van der Waals surface area contributed by atoms with Crippen molar-refractivity contribution in [2.24, 2.45) is 0 Å². The molecule has 0 aliphatic heterocycles. The number of aromatic carboxylic acids is 1. The molecule has 0 aliphatic rings. The van der Waals surface area contributed by atoms with Crippen LogP contribution in [0.2, 0.25) is 0 Å². The largest absolute Gasteiger partial charge is 0.478 e. The van der Waals surface area contributed by atoms with Crippen molar-refractivity contribution >= 4 is 23.4 Å². The minimum atomic E-state index is -1.00. The molecule has 5 N–H and O–H groups in total. The summed E-state index contributed by atoms with van der Waals surface area (Å²) in [4.78, 5) is 22.3. The van der Waals surface area contributed by atoms with E-state index in [-0.39, 0.29) is 5.56 Å². The molecule has 0 spiro atoms. The number of ether oxygens (including phenoxy) is 1. The van der Waals surface area contributed by atoms with Crippen molar-refractivity contribution < 1.29 is 19.4 Å². The highest BCUT2D eigenvalue weighted by Gasteiger charge is 2.15. The molecule has 22 heavy (non-hydrogen) atoms. The molecule has 1 aromatic carbocycles. The number of carbonyl (C=O) groups excluding carboxylic acids is 1. The van der Waals surface area contributed by atoms with Crippen LogP contribution in [0.15, 0.2) is 18.2 Å². The molecule has 0 bridgehead atoms. The minimum absolute atomic E-state index is 0.170. The number of hydrogen-bond acceptors (Lipinski definition) is 5. The van der Waals surface area contributed by atoms with Crippen LogP contribution in [0.4, 0.5) is 16.2 Å². The van der Waals surface area contributed by atoms with Crippen molar-refractivity contribution in [3.05, 3.63) is 23.8 Å². The number of nitrogens with one attached hydrogen (secondary N) is 2. The molecule has 0 aliphatic carbocycles. The first-order chi connectivity index (χ1) is 10.2. The first-order valence-corrected chi connectivity index (χ1v) is 7.02. The zero-order valence-corrected chi connectivity index (χ0v) is 13.1. The Hall–Kier alpha value is -2.44. The third-order valence-corrected chi connectivity index (χ3v) is 2.64. The molecular formula is C15H23N3O4. The first-order valence-electron chi connectivity index (χ1n) is 7.02. The van der Waals surface area contributed by atoms with Gasteiger partial charge in [-0.1, -0.05) is 0 Å². The summed E-state index contributed by atoms with van der Waals surface area (Å²) < 4.78 is 5.11. The Labute approximate surface area is 129 Å². The Morgan fingerprint density at radius 3 is 2.55 bits per heavy atom. The number of anilines is 2. The van der Waals surface area contributed by atoms with Gasteiger partial charge in [0.05, 0.1) is 16.9 Å². The Bertz CT molecular complexity index is 538. The molecule has 0 radical (unpaired) electrons. The topological polar surface area (TPSA) is 114 Å². The monoisotopic (exact) mass is 309 g/mol. The summed E-state index contributed by atoms with van der Waals surface area (Å²) in [6.45, 7) is 6.38. The summed E-state index contributed by atoms with van der Waals surface area (Å²) in [6.07, 6.45) is 0.190. The van der Waals surface area contributed by atoms with Crippen LogP contribution in [0.1, 0.15) is 37.6 Å². The van der Waals surface area contributed by atoms with Gasteiger partial charge in [-0.05, 0) is 45.4 Å². The van der Waals surface area contributed by atoms with Gasteiger partial charge in [-0.2, -0.15) is 0 Å². The maximum atomic E-state index is 11.4. The van der Waals surface area contributed by atoms with E-state index in [4.69, 9.17) is 15.6 Å². The number of carboxylic acids is 1. The number of carboxylic acid groups (broad SMARTS) is 1. The molecule has 0 atom stereocenters. The van der Waals surface area contributed by atoms with Gasteiger partial charge in [-0.25, -0.2) is 9.59 Å². The fourth-order valence-corrected chi connectivity index (χ4v) is 1.66. The Morgan fingerprint density at radius 2 is 1.95 bits per heavy atom. The van der Waals surface area contributed by atoms with Crippen LogP contribution in [0.3, 0.4) is 0 Å². The highest BCUT2D eigenvalue weighted by molar-refractivity contribution is 5.90. The molecule has 1 amide bonds. The number of carbonyl (C=O) groups is 2. The van der Waals surface area contributed by atoms with Crippen molar-refractivity contribution in [3.63, 3.8) is 0 Å². The Morgan fingerprint density at radius 1 is 1.27 bits per heavy atom. The summed E-state index contributed by atoms with van der Waals surface area (Å²) in [7, 11) is 0. The summed E-state index contributed by atoms with van der Waals surface area (Å²) in [5.74, 6) is -1.00. The van der Waals surface area contributed by atoms with E-state index in [9.17, 15) is 9.59 Å². The van der Waals surface area contributed by atoms with Crippen molar-refractivity contribution in [2.45, 2.75) is 32.8 Å². The van der Waals surface area contributed by atoms with E-state index in [0.29, 0.717) is 30.9 Å². The summed E-state index contributed by atoms with van der Waals surface area (Å²) >= 11 is 0. The summed E-state index contributed by atoms with van der Waals surface area (Å²) in [5.41, 5.74) is 6.47. The van der Waals surface area contributed by atoms with Gasteiger partial charge in [-0.15, -0.1) is 0 Å². The van der Waals surface area contributed by atoms with Gasteiger partial charge >= 0.3 is 12.1 Å². The summed E-state index contributed by atoms with van der Waals surface area (Å²) in [6, 6.07) is 4.48. The quantitative estimate of drug-likeness (QED) is 0.473. The molecule has 122 valence electrons. The number of benzene rings is 1. The van der Waals surface area contributed by atoms with Crippen LogP contribution in [-0.4, -0.2) is 35.9 Å². The number of nitrogen functional groups attached to an aromatic ring is 1. The maximum Gasteiger partial charge on any atom is 0.407 e. The smallest absolute Gasteiger partial charge is 0.407 e. The predicted molar refractivity (Wildman–Crippen MR) is 85.2 cm³/mol. The van der Waals surface area contributed by atoms with Crippen molar-refractivity contribution in [1.82, 2.24) is 5.32 Å². The molecule has 0 heterocycles. The average molecular weight is 309 g/mol. The van der Waals surface area contributed by atoms with E-state index >= 15 is 0 Å². The molecule has 7 nitrogen and oxygen atoms in total. The molecule has 0 aromatic heterocycles. The van der Waals surface area contributed by atoms with Crippen LogP contribution >= 0.6 is 0 Å². The third kappa shape index (κ3) is 6.34. The zero-order valence-electron chi connectivity index (χ0n) is 13.1. The zero-order chi connectivity index (χ0) is 16.8. The fraction of sp³-hybridized carbons (Fsp3) is 0.467. The first kappa shape index (κ1) is 17.6. The van der Waals surface area contributed by atoms with E-state index < -0.39 is 17.7 Å². The second kappa shape index (κ2) is 7.53. The molecule has 0 unspecified atom stereocenters. The van der Waals surface area contributed by atoms with Gasteiger partial charge in [0.15, 0.2) is 0 Å². The van der Waals surface area contributed by atoms with E-state index in [1.54, 1.807) is 26.8 Å². The standard InChI is InChI=1S/C15H23N3O4/c1-15(2,3)22-14(21)18-8-4-7-17-12-9-10(13(19)20)5-6-11(12)16/h5-6,9,17H,4,7-8,16H2,1-3H3,(H,18,21)(H,19,20). The lowest BCUT2D eigenvalue weighted by molar-refractivity contribution is 0.0527. The van der Waals surface area contributed by atoms with Crippen molar-refractivity contribution in [1.29, 1.82) is 0 Å². The lowest BCUT2D eigenvalue weighted by atomic mass is 10.1. The molecule has 1 rings (SSSR count). The van der Waals surface area contributed by atoms with Crippen LogP contribution < -0.4 is 16.4 Å². The van der Waals surface area contributed by atoms with E-state index in [1.165, 1.54) is 12.1 Å². The van der Waals surface area contributed by atoms with Gasteiger partial charge < -0.3 is 26.2 Å². The second-order valence-corrected chi connectivity index (χ2v) is 5.82. The third-order valence-electron chi connectivity index (χ3n) is 2.64. The number of amides is 1. The van der Waals surface area contributed by atoms with Gasteiger partial charge in [0.2, 0.25) is 0 Å². The van der Waals surface area contributed by atoms with Crippen molar-refractivity contribution in [3.8, 4) is 0 Å². The van der Waals surface area contributed by atoms with E-state index in [2.05, 4.69) is 10.6 Å². The number of rotatable bonds is 6. The van der Waals surface area contributed by atoms with Crippen LogP contribution in [0.25, 0.3) is 0 Å². The molecule has 1 aromatic rings. The van der Waals surface area contributed by atoms with Gasteiger partial charge in [0, 0.05) is 13.1 Å². The fourth-order valence-electron chi connectivity index (χ4n) is 1.66. The molecule has 7 heteroatoms. The maximum absolute atomic E-state index is 11.4. The number of nitrogens with two attached hydrogens (primary N) is 1. The van der Waals surface area contributed by atoms with Crippen LogP contribution in [0, 0.1) is 0 Å². The minimum Gasteiger partial charge on any atom is -0.478 e. The van der Waals surface area contributed by atoms with Crippen LogP contribution in [-0.2, 0) is 4.74 Å².